The van der Waals surface area contributed by atoms with Crippen molar-refractivity contribution in [3.63, 3.8) is 0 Å². The molecule has 0 aliphatic heterocycles. The molecule has 0 aliphatic rings. The van der Waals surface area contributed by atoms with Gasteiger partial charge in [0.05, 0.1) is 18.9 Å². The largest absolute Gasteiger partial charge is 0.453 e. The van der Waals surface area contributed by atoms with Gasteiger partial charge in [-0.05, 0) is 19.3 Å². The average Bonchev–Trinajstić information content (AvgIpc) is 3.14. The number of amides is 1. The summed E-state index contributed by atoms with van der Waals surface area (Å²) < 4.78 is 4.51. The molecule has 0 aromatic carbocycles. The standard InChI is InChI=1S/C22H32N2O3S/c1-6-7-8-9-12-18-16-28-20(24-18)22(3,4)19(25)13-10-11-17(2)14-15-23-21(26)27-5/h6,8-11,16,19,25H,1-2,7,12-15H2,3-5H3,(H,23,26)/b9-8+,11-10+/t19-/m0/s1. The Balaban J connectivity index is 2.52. The molecule has 0 aliphatic carbocycles. The molecule has 0 radical (unpaired) electrons. The summed E-state index contributed by atoms with van der Waals surface area (Å²) in [7, 11) is 1.33. The van der Waals surface area contributed by atoms with Crippen molar-refractivity contribution in [2.45, 2.75) is 51.0 Å². The van der Waals surface area contributed by atoms with Gasteiger partial charge in [0, 0.05) is 23.8 Å². The first-order valence-electron chi connectivity index (χ1n) is 9.36. The Morgan fingerprint density at radius 3 is 2.86 bits per heavy atom. The summed E-state index contributed by atoms with van der Waals surface area (Å²) in [4.78, 5) is 15.7. The van der Waals surface area contributed by atoms with E-state index in [1.54, 1.807) is 11.3 Å². The fourth-order valence-electron chi connectivity index (χ4n) is 2.37. The number of rotatable bonds is 12. The Morgan fingerprint density at radius 1 is 1.43 bits per heavy atom. The zero-order valence-corrected chi connectivity index (χ0v) is 17.9. The molecule has 1 heterocycles. The molecule has 0 fully saturated rings. The minimum absolute atomic E-state index is 0.439. The lowest BCUT2D eigenvalue weighted by molar-refractivity contribution is 0.102. The van der Waals surface area contributed by atoms with E-state index in [9.17, 15) is 9.90 Å². The molecular formula is C22H32N2O3S. The number of nitrogens with zero attached hydrogens (tertiary/aromatic N) is 1. The maximum absolute atomic E-state index is 11.0. The molecule has 1 amide bonds. The van der Waals surface area contributed by atoms with Crippen molar-refractivity contribution in [1.29, 1.82) is 0 Å². The average molecular weight is 405 g/mol. The molecule has 1 atom stereocenters. The number of hydrogen-bond donors (Lipinski definition) is 2. The Morgan fingerprint density at radius 2 is 2.18 bits per heavy atom. The quantitative estimate of drug-likeness (QED) is 0.391. The molecule has 154 valence electrons. The van der Waals surface area contributed by atoms with E-state index in [0.29, 0.717) is 19.4 Å². The molecule has 1 aromatic rings. The van der Waals surface area contributed by atoms with E-state index in [-0.39, 0.29) is 0 Å². The highest BCUT2D eigenvalue weighted by atomic mass is 32.1. The van der Waals surface area contributed by atoms with Crippen molar-refractivity contribution >= 4 is 17.4 Å². The van der Waals surface area contributed by atoms with Crippen LogP contribution in [-0.4, -0.2) is 35.9 Å². The zero-order chi connectivity index (χ0) is 21.0. The fourth-order valence-corrected chi connectivity index (χ4v) is 3.38. The minimum Gasteiger partial charge on any atom is -0.453 e. The molecule has 0 unspecified atom stereocenters. The minimum atomic E-state index is -0.556. The van der Waals surface area contributed by atoms with Crippen molar-refractivity contribution in [3.8, 4) is 0 Å². The summed E-state index contributed by atoms with van der Waals surface area (Å²) in [6.45, 7) is 12.1. The molecule has 28 heavy (non-hydrogen) atoms. The number of aliphatic hydroxyl groups excluding tert-OH is 1. The monoisotopic (exact) mass is 404 g/mol. The van der Waals surface area contributed by atoms with Gasteiger partial charge in [-0.25, -0.2) is 9.78 Å². The number of hydrogen-bond acceptors (Lipinski definition) is 5. The van der Waals surface area contributed by atoms with Gasteiger partial charge in [-0.15, -0.1) is 17.9 Å². The third-order valence-corrected chi connectivity index (χ3v) is 5.58. The van der Waals surface area contributed by atoms with Crippen molar-refractivity contribution in [1.82, 2.24) is 10.3 Å². The van der Waals surface area contributed by atoms with Gasteiger partial charge in [0.2, 0.25) is 0 Å². The van der Waals surface area contributed by atoms with E-state index >= 15 is 0 Å². The van der Waals surface area contributed by atoms with Crippen LogP contribution in [0.4, 0.5) is 4.79 Å². The summed E-state index contributed by atoms with van der Waals surface area (Å²) in [5.74, 6) is 0. The molecule has 0 bridgehead atoms. The van der Waals surface area contributed by atoms with Crippen LogP contribution in [0.15, 0.2) is 54.5 Å². The lowest BCUT2D eigenvalue weighted by atomic mass is 9.85. The molecule has 0 saturated heterocycles. The summed E-state index contributed by atoms with van der Waals surface area (Å²) in [5, 5.41) is 16.3. The number of alkyl carbamates (subject to hydrolysis) is 1. The Bertz CT molecular complexity index is 704. The third-order valence-electron chi connectivity index (χ3n) is 4.35. The zero-order valence-electron chi connectivity index (χ0n) is 17.1. The van der Waals surface area contributed by atoms with E-state index in [1.165, 1.54) is 7.11 Å². The Labute approximate surface area is 172 Å². The van der Waals surface area contributed by atoms with Crippen molar-refractivity contribution in [3.05, 3.63) is 65.2 Å². The van der Waals surface area contributed by atoms with Crippen molar-refractivity contribution in [2.24, 2.45) is 0 Å². The molecule has 0 saturated carbocycles. The first kappa shape index (κ1) is 23.9. The summed E-state index contributed by atoms with van der Waals surface area (Å²) in [6, 6.07) is 0. The first-order valence-corrected chi connectivity index (χ1v) is 10.2. The number of carbonyl (C=O) groups excluding carboxylic acids is 1. The van der Waals surface area contributed by atoms with Gasteiger partial charge in [0.1, 0.15) is 5.01 Å². The van der Waals surface area contributed by atoms with Crippen LogP contribution in [0.1, 0.15) is 43.8 Å². The second-order valence-corrected chi connectivity index (χ2v) is 7.90. The molecule has 6 heteroatoms. The topological polar surface area (TPSA) is 71.5 Å². The van der Waals surface area contributed by atoms with Crippen LogP contribution in [0, 0.1) is 0 Å². The summed E-state index contributed by atoms with van der Waals surface area (Å²) >= 11 is 1.59. The van der Waals surface area contributed by atoms with E-state index in [4.69, 9.17) is 4.98 Å². The molecule has 1 rings (SSSR count). The highest BCUT2D eigenvalue weighted by Gasteiger charge is 2.32. The molecule has 0 spiro atoms. The molecular weight excluding hydrogens is 372 g/mol. The first-order chi connectivity index (χ1) is 13.3. The second kappa shape index (κ2) is 12.3. The predicted octanol–water partition coefficient (Wildman–Crippen LogP) is 4.71. The molecule has 5 nitrogen and oxygen atoms in total. The summed E-state index contributed by atoms with van der Waals surface area (Å²) in [6.07, 6.45) is 11.6. The maximum atomic E-state index is 11.0. The predicted molar refractivity (Wildman–Crippen MR) is 117 cm³/mol. The van der Waals surface area contributed by atoms with E-state index in [1.807, 2.05) is 37.5 Å². The lowest BCUT2D eigenvalue weighted by Gasteiger charge is -2.27. The number of thiazole rings is 1. The lowest BCUT2D eigenvalue weighted by Crippen LogP contribution is -2.33. The smallest absolute Gasteiger partial charge is 0.406 e. The van der Waals surface area contributed by atoms with Gasteiger partial charge in [0.25, 0.3) is 0 Å². The van der Waals surface area contributed by atoms with Crippen molar-refractivity contribution in [2.75, 3.05) is 13.7 Å². The second-order valence-electron chi connectivity index (χ2n) is 7.05. The number of aliphatic hydroxyl groups is 1. The molecule has 2 N–H and O–H groups in total. The van der Waals surface area contributed by atoms with Crippen LogP contribution in [0.5, 0.6) is 0 Å². The highest BCUT2D eigenvalue weighted by Crippen LogP contribution is 2.31. The van der Waals surface area contributed by atoms with Crippen LogP contribution < -0.4 is 5.32 Å². The molecule has 1 aromatic heterocycles. The van der Waals surface area contributed by atoms with Crippen molar-refractivity contribution < 1.29 is 14.6 Å². The van der Waals surface area contributed by atoms with Crippen LogP contribution >= 0.6 is 11.3 Å². The van der Waals surface area contributed by atoms with E-state index in [2.05, 4.69) is 35.4 Å². The van der Waals surface area contributed by atoms with Crippen LogP contribution in [-0.2, 0) is 16.6 Å². The maximum Gasteiger partial charge on any atom is 0.406 e. The number of carbonyl (C=O) groups is 1. The number of methoxy groups -OCH3 is 1. The Hall–Kier alpha value is -2.18. The summed E-state index contributed by atoms with van der Waals surface area (Å²) in [5.41, 5.74) is 1.46. The fraction of sp³-hybridized carbons (Fsp3) is 0.455. The van der Waals surface area contributed by atoms with Gasteiger partial charge in [-0.3, -0.25) is 0 Å². The van der Waals surface area contributed by atoms with Gasteiger partial charge >= 0.3 is 6.09 Å². The number of ether oxygens (including phenoxy) is 1. The van der Waals surface area contributed by atoms with Gasteiger partial charge < -0.3 is 15.2 Å². The van der Waals surface area contributed by atoms with Crippen LogP contribution in [0.2, 0.25) is 0 Å². The number of allylic oxidation sites excluding steroid dienone is 4. The van der Waals surface area contributed by atoms with Gasteiger partial charge in [0.15, 0.2) is 0 Å². The SMILES string of the molecule is C=CC/C=C/Cc1csc(C(C)(C)[C@@H](O)C/C=C/C(=C)CCNC(=O)OC)n1. The normalized spacial score (nSPS) is 13.0. The third kappa shape index (κ3) is 8.23. The van der Waals surface area contributed by atoms with E-state index < -0.39 is 17.6 Å². The number of nitrogens with one attached hydrogen (secondary N) is 1. The van der Waals surface area contributed by atoms with Crippen LogP contribution in [0.3, 0.4) is 0 Å². The van der Waals surface area contributed by atoms with Crippen LogP contribution in [0.25, 0.3) is 0 Å². The highest BCUT2D eigenvalue weighted by molar-refractivity contribution is 7.09. The van der Waals surface area contributed by atoms with Gasteiger partial charge in [-0.1, -0.05) is 56.4 Å². The number of aromatic nitrogens is 1. The van der Waals surface area contributed by atoms with E-state index in [0.717, 1.165) is 29.1 Å². The Kier molecular flexibility index (Phi) is 10.5. The van der Waals surface area contributed by atoms with Gasteiger partial charge in [-0.2, -0.15) is 0 Å².